The minimum absolute atomic E-state index is 0.568. The molecule has 0 saturated carbocycles. The first kappa shape index (κ1) is 9.64. The van der Waals surface area contributed by atoms with E-state index in [2.05, 4.69) is 23.7 Å². The van der Waals surface area contributed by atoms with Crippen molar-refractivity contribution in [1.29, 1.82) is 0 Å². The summed E-state index contributed by atoms with van der Waals surface area (Å²) in [7, 11) is 0. The second-order valence-corrected chi connectivity index (χ2v) is 1.98. The predicted molar refractivity (Wildman–Crippen MR) is 47.6 cm³/mol. The van der Waals surface area contributed by atoms with E-state index in [1.807, 2.05) is 4.90 Å². The number of hydrogen-bond acceptors (Lipinski definition) is 1. The molecule has 0 fully saturated rings. The molecule has 0 aliphatic rings. The van der Waals surface area contributed by atoms with Gasteiger partial charge >= 0.3 is 0 Å². The lowest BCUT2D eigenvalue weighted by molar-refractivity contribution is 0.390. The monoisotopic (exact) mass is 145 g/mol. The van der Waals surface area contributed by atoms with E-state index in [9.17, 15) is 0 Å². The molecule has 0 spiro atoms. The Morgan fingerprint density at radius 3 is 2.00 bits per heavy atom. The Labute approximate surface area is 68.8 Å². The number of rotatable bonds is 3. The van der Waals surface area contributed by atoms with Gasteiger partial charge in [-0.15, -0.1) is 18.8 Å². The first-order chi connectivity index (χ1) is 5.35. The largest absolute Gasteiger partial charge is 0.270 e. The molecule has 0 aromatic heterocycles. The fourth-order valence-electron chi connectivity index (χ4n) is 0.617. The molecule has 0 aromatic rings. The highest BCUT2D eigenvalue weighted by molar-refractivity contribution is 5.02. The van der Waals surface area contributed by atoms with Gasteiger partial charge in [-0.25, -0.2) is 0 Å². The van der Waals surface area contributed by atoms with Gasteiger partial charge in [-0.3, -0.25) is 4.90 Å². The molecular formula is C10H11N. The van der Waals surface area contributed by atoms with Gasteiger partial charge in [0, 0.05) is 0 Å². The highest BCUT2D eigenvalue weighted by atomic mass is 15.1. The Bertz CT molecular complexity index is 212. The first-order valence-electron chi connectivity index (χ1n) is 3.34. The topological polar surface area (TPSA) is 3.24 Å². The van der Waals surface area contributed by atoms with Crippen LogP contribution in [-0.2, 0) is 0 Å². The van der Waals surface area contributed by atoms with Crippen LogP contribution in [-0.4, -0.2) is 24.5 Å². The van der Waals surface area contributed by atoms with Crippen molar-refractivity contribution in [3.63, 3.8) is 0 Å². The zero-order valence-corrected chi connectivity index (χ0v) is 6.72. The third-order valence-corrected chi connectivity index (χ3v) is 1.11. The number of nitrogens with zero attached hydrogens (tertiary/aromatic N) is 1. The molecular weight excluding hydrogens is 134 g/mol. The molecule has 56 valence electrons. The van der Waals surface area contributed by atoms with Crippen molar-refractivity contribution in [1.82, 2.24) is 4.90 Å². The van der Waals surface area contributed by atoms with E-state index in [1.54, 1.807) is 6.92 Å². The minimum atomic E-state index is 0.568. The lowest BCUT2D eigenvalue weighted by Gasteiger charge is -2.11. The number of hydrogen-bond donors (Lipinski definition) is 0. The Kier molecular flexibility index (Phi) is 5.92. The average Bonchev–Trinajstić information content (AvgIpc) is 2.01. The molecule has 0 atom stereocenters. The quantitative estimate of drug-likeness (QED) is 0.525. The van der Waals surface area contributed by atoms with Gasteiger partial charge in [0.2, 0.25) is 0 Å². The van der Waals surface area contributed by atoms with Crippen molar-refractivity contribution in [3.05, 3.63) is 0 Å². The minimum Gasteiger partial charge on any atom is -0.270 e. The summed E-state index contributed by atoms with van der Waals surface area (Å²) < 4.78 is 0. The molecule has 1 nitrogen and oxygen atoms in total. The molecule has 0 aliphatic heterocycles. The van der Waals surface area contributed by atoms with Crippen LogP contribution < -0.4 is 0 Å². The van der Waals surface area contributed by atoms with E-state index in [-0.39, 0.29) is 0 Å². The fraction of sp³-hybridized carbons (Fsp3) is 0.400. The van der Waals surface area contributed by atoms with Crippen LogP contribution in [0.25, 0.3) is 0 Å². The van der Waals surface area contributed by atoms with Gasteiger partial charge in [0.05, 0.1) is 19.6 Å². The van der Waals surface area contributed by atoms with Crippen molar-refractivity contribution in [2.75, 3.05) is 19.6 Å². The maximum Gasteiger partial charge on any atom is 0.0619 e. The normalized spacial score (nSPS) is 7.64. The summed E-state index contributed by atoms with van der Waals surface area (Å²) in [5.41, 5.74) is 0. The predicted octanol–water partition coefficient (Wildman–Crippen LogP) is 0.578. The Hall–Kier alpha value is -1.36. The molecule has 0 bridgehead atoms. The fourth-order valence-corrected chi connectivity index (χ4v) is 0.617. The van der Waals surface area contributed by atoms with Gasteiger partial charge in [0.25, 0.3) is 0 Å². The third kappa shape index (κ3) is 5.10. The van der Waals surface area contributed by atoms with Gasteiger partial charge in [-0.05, 0) is 6.92 Å². The van der Waals surface area contributed by atoms with Crippen molar-refractivity contribution in [2.24, 2.45) is 0 Å². The molecule has 1 heteroatoms. The van der Waals surface area contributed by atoms with E-state index in [0.29, 0.717) is 19.6 Å². The molecule has 11 heavy (non-hydrogen) atoms. The maximum atomic E-state index is 5.12. The molecule has 0 aliphatic carbocycles. The van der Waals surface area contributed by atoms with E-state index in [4.69, 9.17) is 12.8 Å². The second-order valence-electron chi connectivity index (χ2n) is 1.98. The summed E-state index contributed by atoms with van der Waals surface area (Å²) in [6, 6.07) is 0. The van der Waals surface area contributed by atoms with E-state index in [1.165, 1.54) is 0 Å². The van der Waals surface area contributed by atoms with Crippen LogP contribution >= 0.6 is 0 Å². The van der Waals surface area contributed by atoms with E-state index in [0.717, 1.165) is 0 Å². The van der Waals surface area contributed by atoms with Crippen LogP contribution in [0.3, 0.4) is 0 Å². The summed E-state index contributed by atoms with van der Waals surface area (Å²) in [4.78, 5) is 1.93. The van der Waals surface area contributed by atoms with Crippen LogP contribution in [0.15, 0.2) is 0 Å². The standard InChI is InChI=1S/C10H11N/c1-4-7-10-11(8-5-2)9-6-3/h2-3H,8-10H2,1H3. The van der Waals surface area contributed by atoms with Crippen LogP contribution in [0, 0.1) is 36.5 Å². The lowest BCUT2D eigenvalue weighted by atomic mass is 10.4. The van der Waals surface area contributed by atoms with Crippen LogP contribution in [0.2, 0.25) is 0 Å². The molecule has 0 rings (SSSR count). The smallest absolute Gasteiger partial charge is 0.0619 e. The zero-order chi connectivity index (χ0) is 8.53. The van der Waals surface area contributed by atoms with E-state index >= 15 is 0 Å². The van der Waals surface area contributed by atoms with Crippen molar-refractivity contribution in [3.8, 4) is 36.5 Å². The molecule has 0 aromatic carbocycles. The molecule has 0 amide bonds. The number of terminal acetylenes is 2. The highest BCUT2D eigenvalue weighted by Crippen LogP contribution is 1.83. The zero-order valence-electron chi connectivity index (χ0n) is 6.72. The summed E-state index contributed by atoms with van der Waals surface area (Å²) in [6.45, 7) is 3.59. The van der Waals surface area contributed by atoms with Gasteiger partial charge in [0.1, 0.15) is 0 Å². The van der Waals surface area contributed by atoms with Gasteiger partial charge in [-0.1, -0.05) is 17.8 Å². The molecule has 0 radical (unpaired) electrons. The summed E-state index contributed by atoms with van der Waals surface area (Å²) >= 11 is 0. The highest BCUT2D eigenvalue weighted by Gasteiger charge is 1.95. The Morgan fingerprint density at radius 2 is 1.64 bits per heavy atom. The van der Waals surface area contributed by atoms with E-state index < -0.39 is 0 Å². The molecule has 0 N–H and O–H groups in total. The Balaban J connectivity index is 3.79. The van der Waals surface area contributed by atoms with Crippen molar-refractivity contribution >= 4 is 0 Å². The summed E-state index contributed by atoms with van der Waals surface area (Å²) in [5, 5.41) is 0. The van der Waals surface area contributed by atoms with Crippen LogP contribution in [0.1, 0.15) is 6.92 Å². The van der Waals surface area contributed by atoms with Gasteiger partial charge in [0.15, 0.2) is 0 Å². The van der Waals surface area contributed by atoms with Crippen molar-refractivity contribution < 1.29 is 0 Å². The van der Waals surface area contributed by atoms with Crippen LogP contribution in [0.4, 0.5) is 0 Å². The van der Waals surface area contributed by atoms with Gasteiger partial charge in [-0.2, -0.15) is 0 Å². The maximum absolute atomic E-state index is 5.12. The average molecular weight is 145 g/mol. The lowest BCUT2D eigenvalue weighted by Crippen LogP contribution is -2.24. The van der Waals surface area contributed by atoms with Crippen LogP contribution in [0.5, 0.6) is 0 Å². The van der Waals surface area contributed by atoms with Crippen molar-refractivity contribution in [2.45, 2.75) is 6.92 Å². The third-order valence-electron chi connectivity index (χ3n) is 1.11. The SMILES string of the molecule is C#CCN(CC#C)CC#CC. The first-order valence-corrected chi connectivity index (χ1v) is 3.34. The summed E-state index contributed by atoms with van der Waals surface area (Å²) in [6.07, 6.45) is 10.2. The molecule has 0 unspecified atom stereocenters. The molecule has 0 heterocycles. The Morgan fingerprint density at radius 1 is 1.09 bits per heavy atom. The second kappa shape index (κ2) is 6.76. The molecule has 0 saturated heterocycles. The summed E-state index contributed by atoms with van der Waals surface area (Å²) in [5.74, 6) is 10.7. The van der Waals surface area contributed by atoms with Gasteiger partial charge < -0.3 is 0 Å².